The minimum absolute atomic E-state index is 0.361. The van der Waals surface area contributed by atoms with Crippen LogP contribution in [0.4, 0.5) is 0 Å². The molecule has 1 saturated carbocycles. The van der Waals surface area contributed by atoms with Gasteiger partial charge in [0.2, 0.25) is 0 Å². The molecule has 3 heterocycles. The van der Waals surface area contributed by atoms with E-state index in [1.807, 2.05) is 0 Å². The molecule has 2 aromatic rings. The summed E-state index contributed by atoms with van der Waals surface area (Å²) in [5.41, 5.74) is 1.43. The minimum Gasteiger partial charge on any atom is -0.375 e. The fourth-order valence-corrected chi connectivity index (χ4v) is 4.39. The first-order valence-electron chi connectivity index (χ1n) is 7.59. The van der Waals surface area contributed by atoms with E-state index in [1.165, 1.54) is 18.4 Å². The second-order valence-electron chi connectivity index (χ2n) is 6.00. The van der Waals surface area contributed by atoms with Crippen LogP contribution in [0.5, 0.6) is 0 Å². The highest BCUT2D eigenvalue weighted by Gasteiger charge is 2.42. The molecule has 0 N–H and O–H groups in total. The molecule has 0 amide bonds. The summed E-state index contributed by atoms with van der Waals surface area (Å²) < 4.78 is 8.20. The molecular formula is C15H20N4OS. The second kappa shape index (κ2) is 5.87. The van der Waals surface area contributed by atoms with Crippen molar-refractivity contribution in [2.24, 2.45) is 5.92 Å². The number of hydrogen-bond donors (Lipinski definition) is 0. The van der Waals surface area contributed by atoms with E-state index in [0.717, 1.165) is 26.2 Å². The monoisotopic (exact) mass is 304 g/mol. The van der Waals surface area contributed by atoms with Crippen molar-refractivity contribution >= 4 is 11.3 Å². The zero-order valence-electron chi connectivity index (χ0n) is 12.0. The fourth-order valence-electron chi connectivity index (χ4n) is 3.73. The Morgan fingerprint density at radius 3 is 3.00 bits per heavy atom. The van der Waals surface area contributed by atoms with Gasteiger partial charge < -0.3 is 9.30 Å². The molecule has 3 atom stereocenters. The maximum atomic E-state index is 6.12. The molecule has 1 saturated heterocycles. The molecule has 2 aliphatic rings. The van der Waals surface area contributed by atoms with Crippen LogP contribution in [0.2, 0.25) is 0 Å². The summed E-state index contributed by atoms with van der Waals surface area (Å²) in [4.78, 5) is 2.61. The average Bonchev–Trinajstić information content (AvgIpc) is 3.22. The van der Waals surface area contributed by atoms with Crippen LogP contribution in [-0.2, 0) is 17.8 Å². The third kappa shape index (κ3) is 2.75. The fraction of sp³-hybridized carbons (Fsp3) is 0.600. The Hall–Kier alpha value is -1.24. The molecule has 0 spiro atoms. The SMILES string of the molecule is c1cc(CN2CCO[C@@H]3[C@H](Cn4cnnc4)CC[C@H]32)cs1. The predicted molar refractivity (Wildman–Crippen MR) is 81.0 cm³/mol. The zero-order valence-corrected chi connectivity index (χ0v) is 12.8. The lowest BCUT2D eigenvalue weighted by Gasteiger charge is -2.39. The van der Waals surface area contributed by atoms with Gasteiger partial charge in [-0.2, -0.15) is 11.3 Å². The Bertz CT molecular complexity index is 556. The minimum atomic E-state index is 0.361. The van der Waals surface area contributed by atoms with E-state index in [1.54, 1.807) is 24.0 Å². The Morgan fingerprint density at radius 2 is 2.19 bits per heavy atom. The summed E-state index contributed by atoms with van der Waals surface area (Å²) >= 11 is 1.78. The Balaban J connectivity index is 1.44. The number of ether oxygens (including phenoxy) is 1. The van der Waals surface area contributed by atoms with E-state index < -0.39 is 0 Å². The van der Waals surface area contributed by atoms with Crippen LogP contribution in [0.25, 0.3) is 0 Å². The van der Waals surface area contributed by atoms with Crippen LogP contribution in [0.3, 0.4) is 0 Å². The number of hydrogen-bond acceptors (Lipinski definition) is 5. The molecule has 0 bridgehead atoms. The summed E-state index contributed by atoms with van der Waals surface area (Å²) in [6.07, 6.45) is 6.44. The zero-order chi connectivity index (χ0) is 14.1. The lowest BCUT2D eigenvalue weighted by molar-refractivity contribution is -0.0785. The number of morpholine rings is 1. The Morgan fingerprint density at radius 1 is 1.29 bits per heavy atom. The Kier molecular flexibility index (Phi) is 3.75. The van der Waals surface area contributed by atoms with Crippen LogP contribution in [-0.4, -0.2) is 45.0 Å². The van der Waals surface area contributed by atoms with Crippen LogP contribution >= 0.6 is 11.3 Å². The quantitative estimate of drug-likeness (QED) is 0.867. The van der Waals surface area contributed by atoms with Crippen LogP contribution in [0.15, 0.2) is 29.5 Å². The summed E-state index contributed by atoms with van der Waals surface area (Å²) in [6.45, 7) is 3.94. The van der Waals surface area contributed by atoms with E-state index in [0.29, 0.717) is 18.1 Å². The topological polar surface area (TPSA) is 43.2 Å². The predicted octanol–water partition coefficient (Wildman–Crippen LogP) is 2.02. The number of fused-ring (bicyclic) bond motifs is 1. The molecule has 4 rings (SSSR count). The molecule has 0 radical (unpaired) electrons. The van der Waals surface area contributed by atoms with Crippen molar-refractivity contribution in [3.63, 3.8) is 0 Å². The number of thiophene rings is 1. The van der Waals surface area contributed by atoms with Gasteiger partial charge in [-0.25, -0.2) is 0 Å². The standard InChI is InChI=1S/C15H20N4OS/c1-2-14-15(13(1)8-18-10-16-17-11-18)20-5-4-19(14)7-12-3-6-21-9-12/h3,6,9-11,13-15H,1-2,4-5,7-8H2/t13-,14+,15+/m0/s1. The smallest absolute Gasteiger partial charge is 0.119 e. The van der Waals surface area contributed by atoms with E-state index in [2.05, 4.69) is 36.5 Å². The van der Waals surface area contributed by atoms with Gasteiger partial charge in [0.15, 0.2) is 0 Å². The van der Waals surface area contributed by atoms with Gasteiger partial charge in [0.1, 0.15) is 12.7 Å². The van der Waals surface area contributed by atoms with Gasteiger partial charge in [0.05, 0.1) is 12.7 Å². The molecule has 0 aromatic carbocycles. The van der Waals surface area contributed by atoms with Crippen molar-refractivity contribution in [2.45, 2.75) is 38.1 Å². The van der Waals surface area contributed by atoms with E-state index in [4.69, 9.17) is 4.74 Å². The van der Waals surface area contributed by atoms with Crippen LogP contribution in [0.1, 0.15) is 18.4 Å². The first kappa shape index (κ1) is 13.4. The van der Waals surface area contributed by atoms with Gasteiger partial charge >= 0.3 is 0 Å². The molecule has 1 aliphatic heterocycles. The van der Waals surface area contributed by atoms with Gasteiger partial charge in [-0.1, -0.05) is 0 Å². The number of nitrogens with zero attached hydrogens (tertiary/aromatic N) is 4. The molecule has 112 valence electrons. The van der Waals surface area contributed by atoms with E-state index >= 15 is 0 Å². The highest BCUT2D eigenvalue weighted by atomic mass is 32.1. The van der Waals surface area contributed by atoms with E-state index in [9.17, 15) is 0 Å². The van der Waals surface area contributed by atoms with Gasteiger partial charge in [0, 0.05) is 31.6 Å². The largest absolute Gasteiger partial charge is 0.375 e. The van der Waals surface area contributed by atoms with E-state index in [-0.39, 0.29) is 0 Å². The maximum absolute atomic E-state index is 6.12. The molecule has 1 aliphatic carbocycles. The van der Waals surface area contributed by atoms with Crippen molar-refractivity contribution < 1.29 is 4.74 Å². The van der Waals surface area contributed by atoms with Crippen LogP contribution in [0, 0.1) is 5.92 Å². The van der Waals surface area contributed by atoms with Gasteiger partial charge in [-0.15, -0.1) is 10.2 Å². The molecule has 6 heteroatoms. The molecule has 21 heavy (non-hydrogen) atoms. The lowest BCUT2D eigenvalue weighted by Crippen LogP contribution is -2.50. The molecule has 5 nitrogen and oxygen atoms in total. The maximum Gasteiger partial charge on any atom is 0.119 e. The van der Waals surface area contributed by atoms with Crippen molar-refractivity contribution in [1.82, 2.24) is 19.7 Å². The van der Waals surface area contributed by atoms with Gasteiger partial charge in [-0.05, 0) is 35.2 Å². The van der Waals surface area contributed by atoms with Crippen molar-refractivity contribution in [3.8, 4) is 0 Å². The summed E-state index contributed by atoms with van der Waals surface area (Å²) in [7, 11) is 0. The third-order valence-electron chi connectivity index (χ3n) is 4.71. The molecule has 0 unspecified atom stereocenters. The normalized spacial score (nSPS) is 29.6. The number of rotatable bonds is 4. The van der Waals surface area contributed by atoms with Crippen molar-refractivity contribution in [1.29, 1.82) is 0 Å². The van der Waals surface area contributed by atoms with Crippen LogP contribution < -0.4 is 0 Å². The van der Waals surface area contributed by atoms with Gasteiger partial charge in [-0.3, -0.25) is 4.90 Å². The average molecular weight is 304 g/mol. The third-order valence-corrected chi connectivity index (χ3v) is 5.44. The summed E-state index contributed by atoms with van der Waals surface area (Å²) in [5, 5.41) is 12.2. The molecule has 2 aromatic heterocycles. The lowest BCUT2D eigenvalue weighted by atomic mass is 10.0. The highest BCUT2D eigenvalue weighted by molar-refractivity contribution is 7.07. The van der Waals surface area contributed by atoms with Crippen molar-refractivity contribution in [2.75, 3.05) is 13.2 Å². The first-order chi connectivity index (χ1) is 10.4. The second-order valence-corrected chi connectivity index (χ2v) is 6.78. The molecule has 2 fully saturated rings. The van der Waals surface area contributed by atoms with Crippen molar-refractivity contribution in [3.05, 3.63) is 35.0 Å². The summed E-state index contributed by atoms with van der Waals surface area (Å²) in [5.74, 6) is 0.580. The Labute approximate surface area is 128 Å². The number of aromatic nitrogens is 3. The first-order valence-corrected chi connectivity index (χ1v) is 8.53. The molecular weight excluding hydrogens is 284 g/mol. The summed E-state index contributed by atoms with van der Waals surface area (Å²) in [6, 6.07) is 2.80. The highest BCUT2D eigenvalue weighted by Crippen LogP contribution is 2.36. The van der Waals surface area contributed by atoms with Gasteiger partial charge in [0.25, 0.3) is 0 Å².